The number of hydrogen-bond acceptors (Lipinski definition) is 2. The van der Waals surface area contributed by atoms with Crippen molar-refractivity contribution in [1.29, 1.82) is 0 Å². The van der Waals surface area contributed by atoms with E-state index in [4.69, 9.17) is 4.74 Å². The second kappa shape index (κ2) is 7.18. The number of nitrogens with one attached hydrogen (secondary N) is 1. The fraction of sp³-hybridized carbons (Fsp3) is 0.190. The zero-order chi connectivity index (χ0) is 16.9. The van der Waals surface area contributed by atoms with Crippen molar-refractivity contribution in [3.05, 3.63) is 71.8 Å². The van der Waals surface area contributed by atoms with Crippen molar-refractivity contribution in [2.45, 2.75) is 19.8 Å². The summed E-state index contributed by atoms with van der Waals surface area (Å²) in [7, 11) is 1.61. The molecule has 3 aromatic rings. The van der Waals surface area contributed by atoms with E-state index in [1.165, 1.54) is 16.3 Å². The van der Waals surface area contributed by atoms with Gasteiger partial charge in [-0.3, -0.25) is 4.79 Å². The highest BCUT2D eigenvalue weighted by atomic mass is 16.5. The molecule has 122 valence electrons. The Balaban J connectivity index is 1.71. The third-order valence-corrected chi connectivity index (χ3v) is 4.13. The summed E-state index contributed by atoms with van der Waals surface area (Å²) >= 11 is 0. The maximum atomic E-state index is 12.3. The largest absolute Gasteiger partial charge is 0.495 e. The van der Waals surface area contributed by atoms with Gasteiger partial charge in [0.15, 0.2) is 0 Å². The number of ether oxygens (including phenoxy) is 1. The van der Waals surface area contributed by atoms with Gasteiger partial charge in [0.1, 0.15) is 5.75 Å². The number of carbonyl (C=O) groups excluding carboxylic acids is 1. The van der Waals surface area contributed by atoms with Crippen LogP contribution in [0.3, 0.4) is 0 Å². The maximum absolute atomic E-state index is 12.3. The summed E-state index contributed by atoms with van der Waals surface area (Å²) in [5.41, 5.74) is 3.00. The summed E-state index contributed by atoms with van der Waals surface area (Å²) in [6.07, 6.45) is 1.15. The van der Waals surface area contributed by atoms with E-state index >= 15 is 0 Å². The van der Waals surface area contributed by atoms with Crippen LogP contribution in [0.2, 0.25) is 0 Å². The summed E-state index contributed by atoms with van der Waals surface area (Å²) in [6, 6.07) is 20.2. The van der Waals surface area contributed by atoms with E-state index in [9.17, 15) is 4.79 Å². The lowest BCUT2D eigenvalue weighted by Crippen LogP contribution is -2.13. The third kappa shape index (κ3) is 3.57. The summed E-state index contributed by atoms with van der Waals surface area (Å²) < 4.78 is 5.31. The van der Waals surface area contributed by atoms with E-state index in [0.29, 0.717) is 18.6 Å². The summed E-state index contributed by atoms with van der Waals surface area (Å²) in [5, 5.41) is 5.37. The molecule has 1 N–H and O–H groups in total. The second-order valence-corrected chi connectivity index (χ2v) is 5.89. The van der Waals surface area contributed by atoms with Crippen molar-refractivity contribution in [3.8, 4) is 5.75 Å². The number of fused-ring (bicyclic) bond motifs is 1. The minimum absolute atomic E-state index is 0.00756. The minimum Gasteiger partial charge on any atom is -0.495 e. The Morgan fingerprint density at radius 2 is 1.83 bits per heavy atom. The molecule has 0 aliphatic rings. The normalized spacial score (nSPS) is 10.6. The topological polar surface area (TPSA) is 38.3 Å². The predicted octanol–water partition coefficient (Wildman–Crippen LogP) is 4.73. The molecule has 0 fully saturated rings. The quantitative estimate of drug-likeness (QED) is 0.738. The number of methoxy groups -OCH3 is 1. The highest BCUT2D eigenvalue weighted by Crippen LogP contribution is 2.26. The first-order valence-corrected chi connectivity index (χ1v) is 8.08. The number of aryl methyl sites for hydroxylation is 2. The fourth-order valence-corrected chi connectivity index (χ4v) is 2.89. The first kappa shape index (κ1) is 16.1. The van der Waals surface area contributed by atoms with Crippen LogP contribution >= 0.6 is 0 Å². The standard InChI is InChI=1S/C21H21NO2/c1-15-10-12-20(24-2)19(14-15)22-21(23)13-11-17-8-5-7-16-6-3-4-9-18(16)17/h3-10,12,14H,11,13H2,1-2H3,(H,22,23). The second-order valence-electron chi connectivity index (χ2n) is 5.89. The van der Waals surface area contributed by atoms with Gasteiger partial charge in [0, 0.05) is 6.42 Å². The van der Waals surface area contributed by atoms with E-state index in [0.717, 1.165) is 11.3 Å². The Bertz CT molecular complexity index is 865. The third-order valence-electron chi connectivity index (χ3n) is 4.13. The van der Waals surface area contributed by atoms with E-state index in [1.807, 2.05) is 43.3 Å². The molecule has 0 bridgehead atoms. The molecule has 24 heavy (non-hydrogen) atoms. The van der Waals surface area contributed by atoms with Gasteiger partial charge in [-0.2, -0.15) is 0 Å². The van der Waals surface area contributed by atoms with Crippen LogP contribution in [-0.2, 0) is 11.2 Å². The molecule has 3 heteroatoms. The van der Waals surface area contributed by atoms with Gasteiger partial charge in [-0.15, -0.1) is 0 Å². The van der Waals surface area contributed by atoms with Crippen LogP contribution in [0.15, 0.2) is 60.7 Å². The fourth-order valence-electron chi connectivity index (χ4n) is 2.89. The smallest absolute Gasteiger partial charge is 0.224 e. The van der Waals surface area contributed by atoms with Crippen molar-refractivity contribution < 1.29 is 9.53 Å². The summed E-state index contributed by atoms with van der Waals surface area (Å²) in [5.74, 6) is 0.672. The highest BCUT2D eigenvalue weighted by Gasteiger charge is 2.09. The lowest BCUT2D eigenvalue weighted by molar-refractivity contribution is -0.116. The molecular formula is C21H21NO2. The SMILES string of the molecule is COc1ccc(C)cc1NC(=O)CCc1cccc2ccccc12. The Morgan fingerprint density at radius 1 is 1.04 bits per heavy atom. The van der Waals surface area contributed by atoms with Crippen LogP contribution < -0.4 is 10.1 Å². The number of benzene rings is 3. The zero-order valence-corrected chi connectivity index (χ0v) is 14.0. The Labute approximate surface area is 142 Å². The molecule has 0 aliphatic heterocycles. The first-order valence-electron chi connectivity index (χ1n) is 8.08. The van der Waals surface area contributed by atoms with Crippen LogP contribution in [0.1, 0.15) is 17.5 Å². The Hall–Kier alpha value is -2.81. The minimum atomic E-state index is -0.00756. The van der Waals surface area contributed by atoms with Crippen LogP contribution in [0.5, 0.6) is 5.75 Å². The average molecular weight is 319 g/mol. The van der Waals surface area contributed by atoms with Gasteiger partial charge in [-0.1, -0.05) is 48.5 Å². The van der Waals surface area contributed by atoms with Gasteiger partial charge in [0.25, 0.3) is 0 Å². The number of carbonyl (C=O) groups is 1. The Morgan fingerprint density at radius 3 is 2.67 bits per heavy atom. The van der Waals surface area contributed by atoms with Crippen LogP contribution in [0, 0.1) is 6.92 Å². The molecule has 0 radical (unpaired) electrons. The van der Waals surface area contributed by atoms with E-state index in [-0.39, 0.29) is 5.91 Å². The molecule has 0 aliphatic carbocycles. The summed E-state index contributed by atoms with van der Waals surface area (Å²) in [6.45, 7) is 1.99. The summed E-state index contributed by atoms with van der Waals surface area (Å²) in [4.78, 5) is 12.3. The van der Waals surface area contributed by atoms with Crippen molar-refractivity contribution in [2.24, 2.45) is 0 Å². The molecule has 0 aromatic heterocycles. The average Bonchev–Trinajstić information content (AvgIpc) is 2.60. The number of amides is 1. The highest BCUT2D eigenvalue weighted by molar-refractivity contribution is 5.93. The number of anilines is 1. The molecule has 0 heterocycles. The van der Waals surface area contributed by atoms with Gasteiger partial charge >= 0.3 is 0 Å². The van der Waals surface area contributed by atoms with Crippen LogP contribution in [0.4, 0.5) is 5.69 Å². The maximum Gasteiger partial charge on any atom is 0.224 e. The zero-order valence-electron chi connectivity index (χ0n) is 14.0. The molecule has 0 saturated heterocycles. The molecule has 0 spiro atoms. The Kier molecular flexibility index (Phi) is 4.80. The van der Waals surface area contributed by atoms with Gasteiger partial charge in [0.2, 0.25) is 5.91 Å². The molecule has 3 rings (SSSR count). The van der Waals surface area contributed by atoms with Crippen molar-refractivity contribution in [3.63, 3.8) is 0 Å². The van der Waals surface area contributed by atoms with Gasteiger partial charge in [-0.05, 0) is 47.4 Å². The van der Waals surface area contributed by atoms with E-state index in [1.54, 1.807) is 7.11 Å². The van der Waals surface area contributed by atoms with E-state index < -0.39 is 0 Å². The van der Waals surface area contributed by atoms with E-state index in [2.05, 4.69) is 29.6 Å². The van der Waals surface area contributed by atoms with Gasteiger partial charge < -0.3 is 10.1 Å². The molecule has 0 atom stereocenters. The molecule has 1 amide bonds. The monoisotopic (exact) mass is 319 g/mol. The van der Waals surface area contributed by atoms with Crippen LogP contribution in [-0.4, -0.2) is 13.0 Å². The van der Waals surface area contributed by atoms with Gasteiger partial charge in [-0.25, -0.2) is 0 Å². The lowest BCUT2D eigenvalue weighted by atomic mass is 10.0. The molecular weight excluding hydrogens is 298 g/mol. The molecule has 0 saturated carbocycles. The van der Waals surface area contributed by atoms with Crippen molar-refractivity contribution >= 4 is 22.4 Å². The number of hydrogen-bond donors (Lipinski definition) is 1. The molecule has 3 nitrogen and oxygen atoms in total. The number of rotatable bonds is 5. The first-order chi connectivity index (χ1) is 11.7. The lowest BCUT2D eigenvalue weighted by Gasteiger charge is -2.11. The van der Waals surface area contributed by atoms with Crippen molar-refractivity contribution in [2.75, 3.05) is 12.4 Å². The predicted molar refractivity (Wildman–Crippen MR) is 98.6 cm³/mol. The van der Waals surface area contributed by atoms with Crippen LogP contribution in [0.25, 0.3) is 10.8 Å². The molecule has 3 aromatic carbocycles. The van der Waals surface area contributed by atoms with Gasteiger partial charge in [0.05, 0.1) is 12.8 Å². The van der Waals surface area contributed by atoms with Crippen molar-refractivity contribution in [1.82, 2.24) is 0 Å². The molecule has 0 unspecified atom stereocenters.